The minimum Gasteiger partial charge on any atom is -0.493 e. The number of rotatable bonds is 7. The number of hydrogen-bond acceptors (Lipinski definition) is 6. The van der Waals surface area contributed by atoms with Crippen molar-refractivity contribution >= 4 is 35.3 Å². The zero-order chi connectivity index (χ0) is 30.1. The summed E-state index contributed by atoms with van der Waals surface area (Å²) in [5, 5.41) is 40.8. The summed E-state index contributed by atoms with van der Waals surface area (Å²) in [7, 11) is 0. The largest absolute Gasteiger partial charge is 0.493 e. The zero-order valence-electron chi connectivity index (χ0n) is 22.3. The Labute approximate surface area is 244 Å². The van der Waals surface area contributed by atoms with E-state index in [1.165, 1.54) is 41.1 Å². The quantitative estimate of drug-likeness (QED) is 0.220. The maximum Gasteiger partial charge on any atom is 0.335 e. The van der Waals surface area contributed by atoms with E-state index in [0.29, 0.717) is 28.2 Å². The molecule has 1 aliphatic rings. The molecule has 1 aromatic heterocycles. The van der Waals surface area contributed by atoms with Crippen LogP contribution in [0.5, 0.6) is 5.88 Å². The van der Waals surface area contributed by atoms with Crippen LogP contribution in [-0.4, -0.2) is 48.7 Å². The summed E-state index contributed by atoms with van der Waals surface area (Å²) < 4.78 is 1.22. The van der Waals surface area contributed by atoms with Crippen molar-refractivity contribution in [2.75, 3.05) is 5.01 Å². The van der Waals surface area contributed by atoms with Gasteiger partial charge in [-0.25, -0.2) is 14.3 Å². The molecule has 0 unspecified atom stereocenters. The third kappa shape index (κ3) is 5.04. The van der Waals surface area contributed by atoms with Crippen molar-refractivity contribution in [2.24, 2.45) is 5.10 Å². The first-order chi connectivity index (χ1) is 20.8. The van der Waals surface area contributed by atoms with Crippen molar-refractivity contribution in [2.45, 2.75) is 0 Å². The summed E-state index contributed by atoms with van der Waals surface area (Å²) in [6, 6.07) is 29.9. The molecule has 0 atom stereocenters. The Balaban J connectivity index is 1.55. The molecule has 0 aliphatic carbocycles. The molecule has 10 heteroatoms. The molecule has 5 aromatic rings. The van der Waals surface area contributed by atoms with E-state index in [9.17, 15) is 29.7 Å². The molecule has 10 nitrogen and oxygen atoms in total. The van der Waals surface area contributed by atoms with Gasteiger partial charge in [0.2, 0.25) is 5.88 Å². The van der Waals surface area contributed by atoms with E-state index >= 15 is 0 Å². The monoisotopic (exact) mass is 570 g/mol. The summed E-state index contributed by atoms with van der Waals surface area (Å²) in [4.78, 5) is 37.2. The van der Waals surface area contributed by atoms with Crippen LogP contribution in [0.1, 0.15) is 31.8 Å². The van der Waals surface area contributed by atoms with Gasteiger partial charge in [0.05, 0.1) is 33.6 Å². The first-order valence-corrected chi connectivity index (χ1v) is 13.1. The van der Waals surface area contributed by atoms with Crippen LogP contribution in [0.2, 0.25) is 0 Å². The molecule has 2 heterocycles. The van der Waals surface area contributed by atoms with Crippen LogP contribution < -0.4 is 5.01 Å². The number of hydrazone groups is 1. The van der Waals surface area contributed by atoms with Crippen molar-refractivity contribution in [3.63, 3.8) is 0 Å². The lowest BCUT2D eigenvalue weighted by molar-refractivity contribution is -0.114. The molecule has 0 radical (unpaired) electrons. The van der Waals surface area contributed by atoms with Gasteiger partial charge in [-0.15, -0.1) is 0 Å². The fourth-order valence-corrected chi connectivity index (χ4v) is 4.76. The van der Waals surface area contributed by atoms with Gasteiger partial charge in [0.25, 0.3) is 5.91 Å². The van der Waals surface area contributed by atoms with Gasteiger partial charge in [0.1, 0.15) is 11.4 Å². The van der Waals surface area contributed by atoms with Gasteiger partial charge in [-0.2, -0.15) is 15.2 Å². The lowest BCUT2D eigenvalue weighted by Crippen LogP contribution is -2.21. The number of hydrogen-bond donors (Lipinski definition) is 3. The van der Waals surface area contributed by atoms with Crippen molar-refractivity contribution < 1.29 is 29.7 Å². The van der Waals surface area contributed by atoms with E-state index in [0.717, 1.165) is 5.01 Å². The van der Waals surface area contributed by atoms with Gasteiger partial charge < -0.3 is 15.3 Å². The normalized spacial score (nSPS) is 13.8. The second kappa shape index (κ2) is 10.9. The molecule has 0 spiro atoms. The highest BCUT2D eigenvalue weighted by Crippen LogP contribution is 2.36. The Morgan fingerprint density at radius 3 is 1.86 bits per heavy atom. The maximum atomic E-state index is 14.0. The van der Waals surface area contributed by atoms with E-state index in [2.05, 4.69) is 10.2 Å². The van der Waals surface area contributed by atoms with Crippen LogP contribution in [0, 0.1) is 0 Å². The number of carboxylic acids is 2. The number of anilines is 1. The highest BCUT2D eigenvalue weighted by atomic mass is 16.4. The van der Waals surface area contributed by atoms with E-state index in [1.807, 2.05) is 24.3 Å². The third-order valence-corrected chi connectivity index (χ3v) is 6.83. The predicted octanol–water partition coefficient (Wildman–Crippen LogP) is 5.48. The molecule has 0 saturated carbocycles. The van der Waals surface area contributed by atoms with E-state index in [4.69, 9.17) is 0 Å². The molecule has 1 aliphatic heterocycles. The lowest BCUT2D eigenvalue weighted by Gasteiger charge is -2.12. The number of carboxylic acid groups (broad SMARTS) is 2. The molecule has 3 N–H and O–H groups in total. The number of amides is 1. The van der Waals surface area contributed by atoms with Crippen LogP contribution in [0.25, 0.3) is 23.0 Å². The first kappa shape index (κ1) is 26.9. The molecule has 43 heavy (non-hydrogen) atoms. The molecule has 210 valence electrons. The van der Waals surface area contributed by atoms with Gasteiger partial charge in [-0.3, -0.25) is 4.79 Å². The maximum absolute atomic E-state index is 14.0. The number of carbonyl (C=O) groups excluding carboxylic acids is 1. The number of aromatic carboxylic acids is 2. The Morgan fingerprint density at radius 2 is 1.26 bits per heavy atom. The molecule has 0 bridgehead atoms. The number of aromatic nitrogens is 2. The molecule has 0 fully saturated rings. The molecule has 6 rings (SSSR count). The highest BCUT2D eigenvalue weighted by Gasteiger charge is 2.33. The Hall–Kier alpha value is -6.29. The Kier molecular flexibility index (Phi) is 6.85. The van der Waals surface area contributed by atoms with Crippen LogP contribution in [0.4, 0.5) is 5.69 Å². The van der Waals surface area contributed by atoms with Crippen molar-refractivity contribution in [3.8, 4) is 22.8 Å². The highest BCUT2D eigenvalue weighted by molar-refractivity contribution is 6.37. The second-order valence-corrected chi connectivity index (χ2v) is 9.56. The Morgan fingerprint density at radius 1 is 0.698 bits per heavy atom. The second-order valence-electron chi connectivity index (χ2n) is 9.56. The van der Waals surface area contributed by atoms with Crippen LogP contribution in [0.3, 0.4) is 0 Å². The summed E-state index contributed by atoms with van der Waals surface area (Å²) in [5.74, 6) is -3.14. The predicted molar refractivity (Wildman–Crippen MR) is 159 cm³/mol. The fourth-order valence-electron chi connectivity index (χ4n) is 4.76. The van der Waals surface area contributed by atoms with Crippen molar-refractivity contribution in [1.29, 1.82) is 0 Å². The number of benzene rings is 4. The molecule has 4 aromatic carbocycles. The molecule has 0 saturated heterocycles. The summed E-state index contributed by atoms with van der Waals surface area (Å²) in [6.45, 7) is 0. The average molecular weight is 571 g/mol. The minimum absolute atomic E-state index is 0.00642. The number of nitrogens with zero attached hydrogens (tertiary/aromatic N) is 4. The SMILES string of the molecule is O=C(O)c1cccc(N2N=C(c3ccccc3)C(=Cc3c(-c4ccccc4)nn(-c4cccc(C(=O)O)c4)c3O)C2=O)c1. The third-order valence-electron chi connectivity index (χ3n) is 6.83. The van der Waals surface area contributed by atoms with Crippen molar-refractivity contribution in [3.05, 3.63) is 137 Å². The average Bonchev–Trinajstić information content (AvgIpc) is 3.54. The number of carbonyl (C=O) groups is 3. The van der Waals surface area contributed by atoms with Crippen LogP contribution in [0.15, 0.2) is 120 Å². The van der Waals surface area contributed by atoms with Crippen LogP contribution in [-0.2, 0) is 4.79 Å². The molecular weight excluding hydrogens is 548 g/mol. The summed E-state index contributed by atoms with van der Waals surface area (Å²) >= 11 is 0. The van der Waals surface area contributed by atoms with Gasteiger partial charge in [-0.1, -0.05) is 72.8 Å². The van der Waals surface area contributed by atoms with Gasteiger partial charge >= 0.3 is 11.9 Å². The van der Waals surface area contributed by atoms with Gasteiger partial charge in [-0.05, 0) is 42.5 Å². The lowest BCUT2D eigenvalue weighted by atomic mass is 9.99. The topological polar surface area (TPSA) is 145 Å². The van der Waals surface area contributed by atoms with Gasteiger partial charge in [0, 0.05) is 11.1 Å². The molecule has 1 amide bonds. The van der Waals surface area contributed by atoms with Gasteiger partial charge in [0.15, 0.2) is 0 Å². The van der Waals surface area contributed by atoms with Crippen molar-refractivity contribution in [1.82, 2.24) is 9.78 Å². The minimum atomic E-state index is -1.15. The Bertz CT molecular complexity index is 1960. The van der Waals surface area contributed by atoms with Crippen LogP contribution >= 0.6 is 0 Å². The summed E-state index contributed by atoms with van der Waals surface area (Å²) in [6.07, 6.45) is 1.50. The molecular formula is C33H22N4O6. The smallest absolute Gasteiger partial charge is 0.335 e. The number of aromatic hydroxyl groups is 1. The summed E-state index contributed by atoms with van der Waals surface area (Å²) in [5.41, 5.74) is 2.84. The van der Waals surface area contributed by atoms with E-state index in [1.54, 1.807) is 54.6 Å². The van der Waals surface area contributed by atoms with E-state index < -0.39 is 17.8 Å². The first-order valence-electron chi connectivity index (χ1n) is 13.1. The zero-order valence-corrected chi connectivity index (χ0v) is 22.3. The standard InChI is InChI=1S/C33H22N4O6/c38-30-26(28(20-9-3-1-4-10-20)34-36(30)24-15-7-13-22(17-24)32(40)41)19-27-29(21-11-5-2-6-12-21)35-37(31(27)39)25-16-8-14-23(18-25)33(42)43/h1-19,38H,(H,40,41)(H,42,43). The van der Waals surface area contributed by atoms with E-state index in [-0.39, 0.29) is 33.8 Å². The fraction of sp³-hybridized carbons (Fsp3) is 0.